The first-order valence-corrected chi connectivity index (χ1v) is 7.72. The highest BCUT2D eigenvalue weighted by molar-refractivity contribution is 5.93. The average Bonchev–Trinajstić information content (AvgIpc) is 3.34. The maximum atomic E-state index is 12.9. The third kappa shape index (κ3) is 2.69. The quantitative estimate of drug-likeness (QED) is 0.799. The van der Waals surface area contributed by atoms with Gasteiger partial charge in [0.1, 0.15) is 11.7 Å². The lowest BCUT2D eigenvalue weighted by Crippen LogP contribution is -2.44. The van der Waals surface area contributed by atoms with Crippen LogP contribution >= 0.6 is 0 Å². The Kier molecular flexibility index (Phi) is 3.84. The first-order valence-electron chi connectivity index (χ1n) is 7.72. The Morgan fingerprint density at radius 1 is 1.21 bits per heavy atom. The summed E-state index contributed by atoms with van der Waals surface area (Å²) in [5, 5.41) is 3.85. The van der Waals surface area contributed by atoms with Gasteiger partial charge in [0.15, 0.2) is 5.82 Å². The summed E-state index contributed by atoms with van der Waals surface area (Å²) in [6.07, 6.45) is 1.26. The molecule has 1 aromatic carbocycles. The highest BCUT2D eigenvalue weighted by Crippen LogP contribution is 2.25. The maximum absolute atomic E-state index is 12.9. The van der Waals surface area contributed by atoms with E-state index in [1.807, 2.05) is 36.4 Å². The van der Waals surface area contributed by atoms with Gasteiger partial charge in [-0.1, -0.05) is 35.5 Å². The average molecular weight is 324 g/mol. The fourth-order valence-electron chi connectivity index (χ4n) is 2.85. The number of morpholine rings is 1. The highest BCUT2D eigenvalue weighted by Gasteiger charge is 2.32. The first kappa shape index (κ1) is 14.6. The summed E-state index contributed by atoms with van der Waals surface area (Å²) in [7, 11) is 0. The van der Waals surface area contributed by atoms with E-state index in [4.69, 9.17) is 9.26 Å². The van der Waals surface area contributed by atoms with Crippen molar-refractivity contribution in [3.05, 3.63) is 60.4 Å². The molecule has 0 spiro atoms. The Morgan fingerprint density at radius 2 is 2.08 bits per heavy atom. The van der Waals surface area contributed by atoms with Crippen molar-refractivity contribution in [1.29, 1.82) is 0 Å². The van der Waals surface area contributed by atoms with Gasteiger partial charge in [0.05, 0.1) is 13.2 Å². The second-order valence-electron chi connectivity index (χ2n) is 5.53. The van der Waals surface area contributed by atoms with E-state index < -0.39 is 0 Å². The molecule has 1 N–H and O–H groups in total. The van der Waals surface area contributed by atoms with E-state index >= 15 is 0 Å². The highest BCUT2D eigenvalue weighted by atomic mass is 16.5. The molecule has 3 aromatic rings. The van der Waals surface area contributed by atoms with Crippen molar-refractivity contribution in [2.75, 3.05) is 19.8 Å². The molecule has 0 bridgehead atoms. The topological polar surface area (TPSA) is 84.2 Å². The van der Waals surface area contributed by atoms with Crippen LogP contribution in [0, 0.1) is 0 Å². The van der Waals surface area contributed by atoms with Crippen molar-refractivity contribution in [2.45, 2.75) is 6.04 Å². The fourth-order valence-corrected chi connectivity index (χ4v) is 2.85. The largest absolute Gasteiger partial charge is 0.377 e. The molecule has 1 saturated heterocycles. The van der Waals surface area contributed by atoms with Crippen molar-refractivity contribution in [3.63, 3.8) is 0 Å². The van der Waals surface area contributed by atoms with Crippen LogP contribution < -0.4 is 0 Å². The number of aromatic nitrogens is 3. The third-order valence-electron chi connectivity index (χ3n) is 4.07. The molecule has 0 saturated carbocycles. The summed E-state index contributed by atoms with van der Waals surface area (Å²) in [5.41, 5.74) is 2.47. The molecule has 24 heavy (non-hydrogen) atoms. The summed E-state index contributed by atoms with van der Waals surface area (Å²) in [5.74, 6) is 0.355. The van der Waals surface area contributed by atoms with Gasteiger partial charge in [0.2, 0.25) is 6.39 Å². The molecule has 0 unspecified atom stereocenters. The van der Waals surface area contributed by atoms with Crippen LogP contribution in [-0.2, 0) is 4.74 Å². The van der Waals surface area contributed by atoms with Crippen molar-refractivity contribution in [3.8, 4) is 11.3 Å². The van der Waals surface area contributed by atoms with Crippen LogP contribution in [0.3, 0.4) is 0 Å². The molecule has 1 aliphatic heterocycles. The van der Waals surface area contributed by atoms with Gasteiger partial charge in [0, 0.05) is 12.2 Å². The van der Waals surface area contributed by atoms with Crippen LogP contribution in [-0.4, -0.2) is 45.7 Å². The first-order chi connectivity index (χ1) is 11.8. The van der Waals surface area contributed by atoms with Gasteiger partial charge in [-0.25, -0.2) is 0 Å². The van der Waals surface area contributed by atoms with Gasteiger partial charge >= 0.3 is 0 Å². The van der Waals surface area contributed by atoms with Crippen LogP contribution in [0.25, 0.3) is 11.3 Å². The number of ether oxygens (including phenoxy) is 1. The molecule has 3 heterocycles. The third-order valence-corrected chi connectivity index (χ3v) is 4.07. The number of rotatable bonds is 3. The Bertz CT molecular complexity index is 814. The molecule has 1 fully saturated rings. The molecule has 1 amide bonds. The summed E-state index contributed by atoms with van der Waals surface area (Å²) in [6, 6.07) is 13.3. The molecule has 122 valence electrons. The minimum absolute atomic E-state index is 0.102. The van der Waals surface area contributed by atoms with Crippen LogP contribution in [0.5, 0.6) is 0 Å². The number of hydrogen-bond donors (Lipinski definition) is 1. The molecule has 2 aromatic heterocycles. The number of aromatic amines is 1. The molecule has 7 heteroatoms. The molecule has 1 aliphatic rings. The van der Waals surface area contributed by atoms with Gasteiger partial charge < -0.3 is 19.1 Å². The zero-order valence-corrected chi connectivity index (χ0v) is 12.9. The monoisotopic (exact) mass is 324 g/mol. The number of benzene rings is 1. The second-order valence-corrected chi connectivity index (χ2v) is 5.53. The molecule has 1 atom stereocenters. The van der Waals surface area contributed by atoms with E-state index in [0.717, 1.165) is 11.3 Å². The minimum Gasteiger partial charge on any atom is -0.377 e. The molecular formula is C17H16N4O3. The fraction of sp³-hybridized carbons (Fsp3) is 0.235. The number of carbonyl (C=O) groups excluding carboxylic acids is 1. The normalized spacial score (nSPS) is 17.8. The van der Waals surface area contributed by atoms with E-state index in [9.17, 15) is 4.79 Å². The zero-order valence-electron chi connectivity index (χ0n) is 12.9. The zero-order chi connectivity index (χ0) is 16.4. The van der Waals surface area contributed by atoms with Crippen molar-refractivity contribution >= 4 is 5.91 Å². The van der Waals surface area contributed by atoms with E-state index in [1.54, 1.807) is 11.0 Å². The Labute approximate surface area is 138 Å². The summed E-state index contributed by atoms with van der Waals surface area (Å²) in [6.45, 7) is 1.33. The van der Waals surface area contributed by atoms with E-state index in [0.29, 0.717) is 31.3 Å². The lowest BCUT2D eigenvalue weighted by molar-refractivity contribution is -0.00603. The molecule has 0 radical (unpaired) electrons. The number of nitrogens with zero attached hydrogens (tertiary/aromatic N) is 3. The lowest BCUT2D eigenvalue weighted by atomic mass is 10.2. The minimum atomic E-state index is -0.339. The molecule has 4 rings (SSSR count). The summed E-state index contributed by atoms with van der Waals surface area (Å²) < 4.78 is 10.3. The SMILES string of the molecule is O=C(c1ccc(-c2ccccc2)[nH]1)N1CCOC[C@H]1c1ncon1. The van der Waals surface area contributed by atoms with Gasteiger partial charge in [-0.2, -0.15) is 4.98 Å². The number of carbonyl (C=O) groups is 1. The number of H-pyrrole nitrogens is 1. The van der Waals surface area contributed by atoms with Crippen LogP contribution in [0.15, 0.2) is 53.4 Å². The van der Waals surface area contributed by atoms with Crippen molar-refractivity contribution in [2.24, 2.45) is 0 Å². The molecular weight excluding hydrogens is 308 g/mol. The Balaban J connectivity index is 1.59. The molecule has 7 nitrogen and oxygen atoms in total. The number of hydrogen-bond acceptors (Lipinski definition) is 5. The Hall–Kier alpha value is -2.93. The maximum Gasteiger partial charge on any atom is 0.271 e. The van der Waals surface area contributed by atoms with E-state index in [2.05, 4.69) is 15.1 Å². The van der Waals surface area contributed by atoms with Crippen LogP contribution in [0.2, 0.25) is 0 Å². The number of amides is 1. The summed E-state index contributed by atoms with van der Waals surface area (Å²) >= 11 is 0. The van der Waals surface area contributed by atoms with E-state index in [1.165, 1.54) is 6.39 Å². The van der Waals surface area contributed by atoms with E-state index in [-0.39, 0.29) is 11.9 Å². The van der Waals surface area contributed by atoms with Gasteiger partial charge in [-0.05, 0) is 17.7 Å². The van der Waals surface area contributed by atoms with Crippen molar-refractivity contribution < 1.29 is 14.1 Å². The second kappa shape index (κ2) is 6.29. The van der Waals surface area contributed by atoms with Crippen LogP contribution in [0.1, 0.15) is 22.4 Å². The number of nitrogens with one attached hydrogen (secondary N) is 1. The van der Waals surface area contributed by atoms with Gasteiger partial charge in [0.25, 0.3) is 5.91 Å². The standard InChI is InChI=1S/C17H16N4O3/c22-17(14-7-6-13(19-14)12-4-2-1-3-5-12)21-8-9-23-10-15(21)16-18-11-24-20-16/h1-7,11,15,19H,8-10H2/t15-/m0/s1. The smallest absolute Gasteiger partial charge is 0.271 e. The molecule has 0 aliphatic carbocycles. The predicted octanol–water partition coefficient (Wildman–Crippen LogP) is 2.28. The Morgan fingerprint density at radius 3 is 2.88 bits per heavy atom. The van der Waals surface area contributed by atoms with Crippen LogP contribution in [0.4, 0.5) is 0 Å². The summed E-state index contributed by atoms with van der Waals surface area (Å²) in [4.78, 5) is 21.9. The predicted molar refractivity (Wildman–Crippen MR) is 85.1 cm³/mol. The van der Waals surface area contributed by atoms with Crippen molar-refractivity contribution in [1.82, 2.24) is 20.0 Å². The lowest BCUT2D eigenvalue weighted by Gasteiger charge is -2.33. The van der Waals surface area contributed by atoms with Gasteiger partial charge in [-0.15, -0.1) is 0 Å². The van der Waals surface area contributed by atoms with Gasteiger partial charge in [-0.3, -0.25) is 4.79 Å².